The van der Waals surface area contributed by atoms with Crippen molar-refractivity contribution in [3.8, 4) is 0 Å². The van der Waals surface area contributed by atoms with Gasteiger partial charge in [-0.05, 0) is 0 Å². The highest BCUT2D eigenvalue weighted by Crippen LogP contribution is 2.25. The van der Waals surface area contributed by atoms with Gasteiger partial charge in [0.25, 0.3) is 0 Å². The number of hydrogen-bond acceptors (Lipinski definition) is 4. The Balaban J connectivity index is 2.41. The fourth-order valence-electron chi connectivity index (χ4n) is 1.29. The molecule has 0 aliphatic rings. The van der Waals surface area contributed by atoms with E-state index in [-0.39, 0.29) is 5.88 Å². The zero-order valence-corrected chi connectivity index (χ0v) is 8.12. The highest BCUT2D eigenvalue weighted by molar-refractivity contribution is 5.82. The number of anilines is 3. The number of furan rings is 1. The van der Waals surface area contributed by atoms with Crippen LogP contribution in [0, 0.1) is 0 Å². The zero-order chi connectivity index (χ0) is 10.8. The lowest BCUT2D eigenvalue weighted by molar-refractivity contribution is -0.107. The lowest BCUT2D eigenvalue weighted by atomic mass is 10.5. The molecule has 0 unspecified atom stereocenters. The number of aryl methyl sites for hydroxylation is 1. The summed E-state index contributed by atoms with van der Waals surface area (Å²) < 4.78 is 6.71. The number of carbonyl (C=O) groups is 1. The van der Waals surface area contributed by atoms with Gasteiger partial charge in [-0.3, -0.25) is 9.48 Å². The molecule has 0 saturated heterocycles. The van der Waals surface area contributed by atoms with Crippen molar-refractivity contribution in [2.75, 3.05) is 10.6 Å². The van der Waals surface area contributed by atoms with Crippen LogP contribution in [0.1, 0.15) is 0 Å². The van der Waals surface area contributed by atoms with E-state index < -0.39 is 0 Å². The van der Waals surface area contributed by atoms with E-state index >= 15 is 0 Å². The highest BCUT2D eigenvalue weighted by Gasteiger charge is 2.14. The van der Waals surface area contributed by atoms with Crippen molar-refractivity contribution in [3.63, 3.8) is 0 Å². The van der Waals surface area contributed by atoms with Crippen LogP contribution in [-0.4, -0.2) is 16.2 Å². The van der Waals surface area contributed by atoms with Gasteiger partial charge in [-0.25, -0.2) is 4.90 Å². The van der Waals surface area contributed by atoms with Gasteiger partial charge in [0.2, 0.25) is 12.3 Å². The van der Waals surface area contributed by atoms with Gasteiger partial charge < -0.3 is 10.2 Å². The summed E-state index contributed by atoms with van der Waals surface area (Å²) in [6, 6.07) is 4.91. The number of nitrogens with two attached hydrogens (primary N) is 1. The Hall–Kier alpha value is -2.24. The Morgan fingerprint density at radius 1 is 1.53 bits per heavy atom. The molecular weight excluding hydrogens is 196 g/mol. The topological polar surface area (TPSA) is 77.3 Å². The lowest BCUT2D eigenvalue weighted by Gasteiger charge is -2.13. The van der Waals surface area contributed by atoms with Crippen molar-refractivity contribution in [1.29, 1.82) is 0 Å². The first-order valence-corrected chi connectivity index (χ1v) is 4.30. The molecule has 2 N–H and O–H groups in total. The number of aromatic nitrogens is 2. The van der Waals surface area contributed by atoms with Gasteiger partial charge in [0, 0.05) is 25.2 Å². The van der Waals surface area contributed by atoms with E-state index in [2.05, 4.69) is 5.10 Å². The number of hydrogen-bond donors (Lipinski definition) is 1. The molecule has 0 atom stereocenters. The molecule has 6 nitrogen and oxygen atoms in total. The maximum absolute atomic E-state index is 10.9. The second-order valence-corrected chi connectivity index (χ2v) is 2.96. The predicted molar refractivity (Wildman–Crippen MR) is 54.5 cm³/mol. The van der Waals surface area contributed by atoms with E-state index in [0.717, 1.165) is 0 Å². The van der Waals surface area contributed by atoms with Gasteiger partial charge in [0.05, 0.1) is 6.20 Å². The van der Waals surface area contributed by atoms with Crippen LogP contribution in [0.2, 0.25) is 0 Å². The maximum atomic E-state index is 10.9. The molecule has 15 heavy (non-hydrogen) atoms. The van der Waals surface area contributed by atoms with Crippen LogP contribution in [0.15, 0.2) is 28.8 Å². The molecule has 2 aromatic heterocycles. The van der Waals surface area contributed by atoms with Gasteiger partial charge in [-0.1, -0.05) is 0 Å². The first-order valence-electron chi connectivity index (χ1n) is 4.30. The molecule has 0 saturated carbocycles. The zero-order valence-electron chi connectivity index (χ0n) is 8.12. The normalized spacial score (nSPS) is 10.2. The number of amides is 1. The van der Waals surface area contributed by atoms with Crippen molar-refractivity contribution >= 4 is 24.0 Å². The standard InChI is InChI=1S/C9H10N4O2/c1-12-8(4-5-11-12)13(6-14)9-3-2-7(10)15-9/h2-6H,10H2,1H3. The maximum Gasteiger partial charge on any atom is 0.222 e. The summed E-state index contributed by atoms with van der Waals surface area (Å²) in [6.07, 6.45) is 2.24. The Labute approximate surface area is 85.9 Å². The molecule has 2 aromatic rings. The van der Waals surface area contributed by atoms with Gasteiger partial charge >= 0.3 is 0 Å². The molecule has 0 radical (unpaired) electrons. The van der Waals surface area contributed by atoms with Gasteiger partial charge in [-0.15, -0.1) is 0 Å². The SMILES string of the molecule is Cn1nccc1N(C=O)c1ccc(N)o1. The molecule has 0 bridgehead atoms. The molecule has 1 amide bonds. The predicted octanol–water partition coefficient (Wildman–Crippen LogP) is 0.890. The van der Waals surface area contributed by atoms with E-state index in [1.54, 1.807) is 36.1 Å². The molecule has 0 aliphatic heterocycles. The third-order valence-electron chi connectivity index (χ3n) is 2.00. The van der Waals surface area contributed by atoms with E-state index in [0.29, 0.717) is 18.1 Å². The van der Waals surface area contributed by atoms with Crippen LogP contribution in [0.25, 0.3) is 0 Å². The van der Waals surface area contributed by atoms with Gasteiger partial charge in [0.1, 0.15) is 5.82 Å². The van der Waals surface area contributed by atoms with E-state index in [9.17, 15) is 4.79 Å². The monoisotopic (exact) mass is 206 g/mol. The summed E-state index contributed by atoms with van der Waals surface area (Å²) in [5.74, 6) is 1.24. The number of carbonyl (C=O) groups excluding carboxylic acids is 1. The summed E-state index contributed by atoms with van der Waals surface area (Å²) in [5, 5.41) is 3.96. The Morgan fingerprint density at radius 2 is 2.33 bits per heavy atom. The molecule has 0 spiro atoms. The molecule has 6 heteroatoms. The minimum Gasteiger partial charge on any atom is -0.425 e. The van der Waals surface area contributed by atoms with Crippen molar-refractivity contribution in [1.82, 2.24) is 9.78 Å². The largest absolute Gasteiger partial charge is 0.425 e. The smallest absolute Gasteiger partial charge is 0.222 e. The van der Waals surface area contributed by atoms with Crippen LogP contribution >= 0.6 is 0 Å². The average Bonchev–Trinajstić information content (AvgIpc) is 2.79. The third kappa shape index (κ3) is 1.56. The summed E-state index contributed by atoms with van der Waals surface area (Å²) in [7, 11) is 1.73. The molecule has 2 rings (SSSR count). The third-order valence-corrected chi connectivity index (χ3v) is 2.00. The molecule has 78 valence electrons. The fourth-order valence-corrected chi connectivity index (χ4v) is 1.29. The fraction of sp³-hybridized carbons (Fsp3) is 0.111. The minimum atomic E-state index is 0.263. The molecule has 2 heterocycles. The molecule has 0 aliphatic carbocycles. The van der Waals surface area contributed by atoms with Gasteiger partial charge in [0.15, 0.2) is 5.88 Å². The molecule has 0 aromatic carbocycles. The second-order valence-electron chi connectivity index (χ2n) is 2.96. The minimum absolute atomic E-state index is 0.263. The van der Waals surface area contributed by atoms with E-state index in [1.165, 1.54) is 4.90 Å². The summed E-state index contributed by atoms with van der Waals surface area (Å²) in [4.78, 5) is 12.3. The Kier molecular flexibility index (Phi) is 2.17. The Bertz CT molecular complexity index is 474. The van der Waals surface area contributed by atoms with Crippen molar-refractivity contribution in [2.45, 2.75) is 0 Å². The van der Waals surface area contributed by atoms with Crippen LogP contribution in [0.5, 0.6) is 0 Å². The lowest BCUT2D eigenvalue weighted by Crippen LogP contribution is -2.16. The van der Waals surface area contributed by atoms with Crippen LogP contribution in [0.3, 0.4) is 0 Å². The highest BCUT2D eigenvalue weighted by atomic mass is 16.4. The quantitative estimate of drug-likeness (QED) is 0.756. The van der Waals surface area contributed by atoms with Crippen molar-refractivity contribution in [2.24, 2.45) is 7.05 Å². The number of nitrogen functional groups attached to an aromatic ring is 1. The number of rotatable bonds is 3. The first-order chi connectivity index (χ1) is 7.22. The summed E-state index contributed by atoms with van der Waals surface area (Å²) >= 11 is 0. The van der Waals surface area contributed by atoms with Crippen molar-refractivity contribution in [3.05, 3.63) is 24.4 Å². The molecule has 0 fully saturated rings. The van der Waals surface area contributed by atoms with Crippen molar-refractivity contribution < 1.29 is 9.21 Å². The molecular formula is C9H10N4O2. The first kappa shape index (κ1) is 9.32. The van der Waals surface area contributed by atoms with Crippen LogP contribution in [0.4, 0.5) is 17.6 Å². The van der Waals surface area contributed by atoms with Crippen LogP contribution in [-0.2, 0) is 11.8 Å². The number of nitrogens with zero attached hydrogens (tertiary/aromatic N) is 3. The average molecular weight is 206 g/mol. The summed E-state index contributed by atoms with van der Waals surface area (Å²) in [6.45, 7) is 0. The van der Waals surface area contributed by atoms with E-state index in [4.69, 9.17) is 10.2 Å². The van der Waals surface area contributed by atoms with Gasteiger partial charge in [-0.2, -0.15) is 5.10 Å². The van der Waals surface area contributed by atoms with Crippen LogP contribution < -0.4 is 10.6 Å². The second kappa shape index (κ2) is 3.49. The summed E-state index contributed by atoms with van der Waals surface area (Å²) in [5.41, 5.74) is 5.43. The van der Waals surface area contributed by atoms with E-state index in [1.807, 2.05) is 0 Å². The Morgan fingerprint density at radius 3 is 2.80 bits per heavy atom.